The van der Waals surface area contributed by atoms with Crippen LogP contribution in [-0.4, -0.2) is 27.5 Å². The molecule has 0 spiro atoms. The van der Waals surface area contributed by atoms with Gasteiger partial charge in [0.2, 0.25) is 0 Å². The van der Waals surface area contributed by atoms with Gasteiger partial charge in [-0.1, -0.05) is 12.1 Å². The van der Waals surface area contributed by atoms with Crippen molar-refractivity contribution in [2.24, 2.45) is 0 Å². The Bertz CT molecular complexity index is 677. The molecule has 0 aliphatic carbocycles. The maximum absolute atomic E-state index is 11.3. The fourth-order valence-electron chi connectivity index (χ4n) is 3.04. The Morgan fingerprint density at radius 1 is 1.27 bits per heavy atom. The smallest absolute Gasteiger partial charge is 0.336 e. The van der Waals surface area contributed by atoms with Gasteiger partial charge in [0.05, 0.1) is 11.8 Å². The first kappa shape index (κ1) is 14.8. The molecular formula is C17H20N2O3. The summed E-state index contributed by atoms with van der Waals surface area (Å²) in [7, 11) is 0. The van der Waals surface area contributed by atoms with E-state index < -0.39 is 5.97 Å². The highest BCUT2D eigenvalue weighted by atomic mass is 16.5. The third-order valence-electron chi connectivity index (χ3n) is 4.13. The summed E-state index contributed by atoms with van der Waals surface area (Å²) in [5.41, 5.74) is 3.89. The lowest BCUT2D eigenvalue weighted by Gasteiger charge is -2.22. The zero-order valence-corrected chi connectivity index (χ0v) is 12.9. The monoisotopic (exact) mass is 300 g/mol. The van der Waals surface area contributed by atoms with Gasteiger partial charge in [-0.15, -0.1) is 0 Å². The molecule has 116 valence electrons. The molecule has 1 saturated heterocycles. The summed E-state index contributed by atoms with van der Waals surface area (Å²) in [4.78, 5) is 11.3. The van der Waals surface area contributed by atoms with Crippen molar-refractivity contribution < 1.29 is 14.6 Å². The number of carboxylic acids is 1. The van der Waals surface area contributed by atoms with E-state index in [9.17, 15) is 9.90 Å². The topological polar surface area (TPSA) is 64.4 Å². The molecule has 0 saturated carbocycles. The number of nitrogens with zero attached hydrogens (tertiary/aromatic N) is 2. The molecule has 0 bridgehead atoms. The summed E-state index contributed by atoms with van der Waals surface area (Å²) >= 11 is 0. The molecule has 5 nitrogen and oxygen atoms in total. The van der Waals surface area contributed by atoms with Crippen LogP contribution in [0.4, 0.5) is 0 Å². The van der Waals surface area contributed by atoms with Crippen molar-refractivity contribution in [1.29, 1.82) is 0 Å². The fraction of sp³-hybridized carbons (Fsp3) is 0.412. The van der Waals surface area contributed by atoms with Crippen LogP contribution in [0.2, 0.25) is 0 Å². The summed E-state index contributed by atoms with van der Waals surface area (Å²) in [6.07, 6.45) is 7.06. The minimum atomic E-state index is -0.882. The van der Waals surface area contributed by atoms with Gasteiger partial charge in [-0.25, -0.2) is 9.48 Å². The number of aromatic carboxylic acids is 1. The second-order valence-corrected chi connectivity index (χ2v) is 5.82. The third-order valence-corrected chi connectivity index (χ3v) is 4.13. The summed E-state index contributed by atoms with van der Waals surface area (Å²) in [5.74, 6) is -0.882. The van der Waals surface area contributed by atoms with E-state index in [-0.39, 0.29) is 6.23 Å². The Hall–Kier alpha value is -2.14. The first-order valence-electron chi connectivity index (χ1n) is 7.57. The highest BCUT2D eigenvalue weighted by Crippen LogP contribution is 2.28. The van der Waals surface area contributed by atoms with E-state index in [1.807, 2.05) is 43.1 Å². The quantitative estimate of drug-likeness (QED) is 0.941. The number of hydrogen-bond acceptors (Lipinski definition) is 3. The van der Waals surface area contributed by atoms with Crippen LogP contribution in [-0.2, 0) is 4.74 Å². The van der Waals surface area contributed by atoms with Crippen LogP contribution in [0.25, 0.3) is 11.1 Å². The van der Waals surface area contributed by atoms with Crippen LogP contribution in [0, 0.1) is 13.8 Å². The Balaban J connectivity index is 1.91. The van der Waals surface area contributed by atoms with E-state index in [1.54, 1.807) is 0 Å². The van der Waals surface area contributed by atoms with Crippen LogP contribution in [0.3, 0.4) is 0 Å². The first-order valence-corrected chi connectivity index (χ1v) is 7.57. The van der Waals surface area contributed by atoms with Gasteiger partial charge in [0.15, 0.2) is 0 Å². The SMILES string of the molecule is Cc1cc(-c2cnn(C3CCCCO3)c2)cc(C)c1C(=O)O. The molecule has 0 radical (unpaired) electrons. The minimum absolute atomic E-state index is 0.0167. The van der Waals surface area contributed by atoms with Gasteiger partial charge in [-0.05, 0) is 49.8 Å². The number of rotatable bonds is 3. The standard InChI is InChI=1S/C17H20N2O3/c1-11-7-13(8-12(2)16(11)17(20)21)14-9-18-19(10-14)15-5-3-4-6-22-15/h7-10,15H,3-6H2,1-2H3,(H,20,21). The summed E-state index contributed by atoms with van der Waals surface area (Å²) < 4.78 is 7.60. The Labute approximate surface area is 129 Å². The zero-order valence-electron chi connectivity index (χ0n) is 12.9. The van der Waals surface area contributed by atoms with Gasteiger partial charge < -0.3 is 9.84 Å². The van der Waals surface area contributed by atoms with E-state index in [0.717, 1.165) is 48.1 Å². The molecule has 1 fully saturated rings. The predicted octanol–water partition coefficient (Wildman–Crippen LogP) is 3.56. The van der Waals surface area contributed by atoms with Crippen LogP contribution in [0.5, 0.6) is 0 Å². The Morgan fingerprint density at radius 2 is 2.00 bits per heavy atom. The third kappa shape index (κ3) is 2.76. The van der Waals surface area contributed by atoms with Crippen molar-refractivity contribution in [3.63, 3.8) is 0 Å². The van der Waals surface area contributed by atoms with Gasteiger partial charge in [-0.2, -0.15) is 5.10 Å². The van der Waals surface area contributed by atoms with Gasteiger partial charge in [0.25, 0.3) is 0 Å². The molecule has 0 amide bonds. The van der Waals surface area contributed by atoms with Crippen LogP contribution >= 0.6 is 0 Å². The van der Waals surface area contributed by atoms with E-state index in [4.69, 9.17) is 4.74 Å². The lowest BCUT2D eigenvalue weighted by molar-refractivity contribution is -0.0394. The van der Waals surface area contributed by atoms with Crippen molar-refractivity contribution in [3.8, 4) is 11.1 Å². The molecule has 22 heavy (non-hydrogen) atoms. The highest BCUT2D eigenvalue weighted by molar-refractivity contribution is 5.92. The number of carbonyl (C=O) groups is 1. The largest absolute Gasteiger partial charge is 0.478 e. The van der Waals surface area contributed by atoms with E-state index in [1.165, 1.54) is 0 Å². The Morgan fingerprint density at radius 3 is 2.59 bits per heavy atom. The van der Waals surface area contributed by atoms with Crippen LogP contribution < -0.4 is 0 Å². The molecular weight excluding hydrogens is 280 g/mol. The Kier molecular flexibility index (Phi) is 3.98. The number of benzene rings is 1. The average Bonchev–Trinajstić information content (AvgIpc) is 2.97. The molecule has 1 atom stereocenters. The van der Waals surface area contributed by atoms with Crippen LogP contribution in [0.1, 0.15) is 47.0 Å². The number of carboxylic acid groups (broad SMARTS) is 1. The maximum Gasteiger partial charge on any atom is 0.336 e. The van der Waals surface area contributed by atoms with Crippen molar-refractivity contribution in [2.45, 2.75) is 39.3 Å². The van der Waals surface area contributed by atoms with Crippen molar-refractivity contribution in [2.75, 3.05) is 6.61 Å². The second-order valence-electron chi connectivity index (χ2n) is 5.82. The van der Waals surface area contributed by atoms with Crippen molar-refractivity contribution >= 4 is 5.97 Å². The fourth-order valence-corrected chi connectivity index (χ4v) is 3.04. The molecule has 1 unspecified atom stereocenters. The van der Waals surface area contributed by atoms with Gasteiger partial charge in [0.1, 0.15) is 6.23 Å². The predicted molar refractivity (Wildman–Crippen MR) is 82.9 cm³/mol. The summed E-state index contributed by atoms with van der Waals surface area (Å²) in [6, 6.07) is 3.80. The molecule has 1 aliphatic heterocycles. The van der Waals surface area contributed by atoms with Gasteiger partial charge in [-0.3, -0.25) is 0 Å². The number of aryl methyl sites for hydroxylation is 2. The van der Waals surface area contributed by atoms with Gasteiger partial charge in [0, 0.05) is 18.4 Å². The summed E-state index contributed by atoms with van der Waals surface area (Å²) in [5, 5.41) is 13.7. The van der Waals surface area contributed by atoms with E-state index >= 15 is 0 Å². The summed E-state index contributed by atoms with van der Waals surface area (Å²) in [6.45, 7) is 4.44. The molecule has 2 aromatic rings. The number of aromatic nitrogens is 2. The first-order chi connectivity index (χ1) is 10.6. The van der Waals surface area contributed by atoms with E-state index in [2.05, 4.69) is 5.10 Å². The van der Waals surface area contributed by atoms with Crippen LogP contribution in [0.15, 0.2) is 24.5 Å². The number of hydrogen-bond donors (Lipinski definition) is 1. The normalized spacial score (nSPS) is 18.4. The molecule has 2 heterocycles. The highest BCUT2D eigenvalue weighted by Gasteiger charge is 2.18. The molecule has 1 aromatic carbocycles. The molecule has 3 rings (SSSR count). The van der Waals surface area contributed by atoms with E-state index in [0.29, 0.717) is 5.56 Å². The second kappa shape index (κ2) is 5.93. The average molecular weight is 300 g/mol. The maximum atomic E-state index is 11.3. The number of ether oxygens (including phenoxy) is 1. The molecule has 5 heteroatoms. The molecule has 1 aliphatic rings. The minimum Gasteiger partial charge on any atom is -0.478 e. The van der Waals surface area contributed by atoms with Crippen molar-refractivity contribution in [3.05, 3.63) is 41.2 Å². The van der Waals surface area contributed by atoms with Gasteiger partial charge >= 0.3 is 5.97 Å². The van der Waals surface area contributed by atoms with Crippen molar-refractivity contribution in [1.82, 2.24) is 9.78 Å². The molecule has 1 N–H and O–H groups in total. The molecule has 1 aromatic heterocycles. The lowest BCUT2D eigenvalue weighted by Crippen LogP contribution is -2.18. The zero-order chi connectivity index (χ0) is 15.7. The lowest BCUT2D eigenvalue weighted by atomic mass is 9.97.